The van der Waals surface area contributed by atoms with E-state index in [1.807, 2.05) is 55.5 Å². The summed E-state index contributed by atoms with van der Waals surface area (Å²) in [7, 11) is 0. The summed E-state index contributed by atoms with van der Waals surface area (Å²) in [5.74, 6) is 1.18. The van der Waals surface area contributed by atoms with Gasteiger partial charge in [0.2, 0.25) is 0 Å². The highest BCUT2D eigenvalue weighted by molar-refractivity contribution is 5.86. The molecule has 0 aliphatic carbocycles. The predicted molar refractivity (Wildman–Crippen MR) is 127 cm³/mol. The van der Waals surface area contributed by atoms with Gasteiger partial charge in [-0.25, -0.2) is 4.79 Å². The van der Waals surface area contributed by atoms with E-state index in [0.29, 0.717) is 31.2 Å². The number of aryl methyl sites for hydroxylation is 1. The normalized spacial score (nSPS) is 14.7. The molecule has 1 atom stereocenters. The minimum atomic E-state index is -0.262. The lowest BCUT2D eigenvalue weighted by molar-refractivity contribution is 0.0909. The lowest BCUT2D eigenvalue weighted by Crippen LogP contribution is -2.35. The number of fused-ring (bicyclic) bond motifs is 3. The Morgan fingerprint density at radius 2 is 1.69 bits per heavy atom. The molecule has 1 aliphatic rings. The van der Waals surface area contributed by atoms with Gasteiger partial charge in [-0.05, 0) is 41.7 Å². The fourth-order valence-corrected chi connectivity index (χ4v) is 4.60. The Morgan fingerprint density at radius 3 is 2.44 bits per heavy atom. The lowest BCUT2D eigenvalue weighted by Gasteiger charge is -2.31. The number of nitrogens with zero attached hydrogens (tertiary/aromatic N) is 1. The second-order valence-electron chi connectivity index (χ2n) is 8.67. The molecule has 0 saturated heterocycles. The van der Waals surface area contributed by atoms with Crippen molar-refractivity contribution in [3.8, 4) is 5.75 Å². The van der Waals surface area contributed by atoms with E-state index >= 15 is 0 Å². The molecule has 162 valence electrons. The smallest absolute Gasteiger partial charge is 0.340 e. The first-order valence-corrected chi connectivity index (χ1v) is 11.1. The number of benzene rings is 3. The highest BCUT2D eigenvalue weighted by atomic mass is 16.5. The fraction of sp³-hybridized carbons (Fsp3) is 0.250. The van der Waals surface area contributed by atoms with Crippen LogP contribution in [0, 0.1) is 6.92 Å². The number of hydrogen-bond acceptors (Lipinski definition) is 4. The van der Waals surface area contributed by atoms with E-state index in [0.717, 1.165) is 39.9 Å². The third kappa shape index (κ3) is 3.94. The summed E-state index contributed by atoms with van der Waals surface area (Å²) in [4.78, 5) is 15.2. The molecule has 5 rings (SSSR count). The van der Waals surface area contributed by atoms with E-state index < -0.39 is 0 Å². The van der Waals surface area contributed by atoms with Crippen LogP contribution in [0.4, 0.5) is 0 Å². The molecule has 1 aromatic heterocycles. The van der Waals surface area contributed by atoms with Crippen LogP contribution >= 0.6 is 0 Å². The molecule has 4 heteroatoms. The highest BCUT2D eigenvalue weighted by Crippen LogP contribution is 2.34. The molecule has 0 unspecified atom stereocenters. The quantitative estimate of drug-likeness (QED) is 0.388. The van der Waals surface area contributed by atoms with Crippen molar-refractivity contribution in [1.82, 2.24) is 4.90 Å². The van der Waals surface area contributed by atoms with Crippen molar-refractivity contribution >= 4 is 11.0 Å². The maximum Gasteiger partial charge on any atom is 0.340 e. The zero-order valence-corrected chi connectivity index (χ0v) is 18.5. The van der Waals surface area contributed by atoms with Crippen LogP contribution < -0.4 is 10.4 Å². The van der Waals surface area contributed by atoms with E-state index in [1.54, 1.807) is 0 Å². The summed E-state index contributed by atoms with van der Waals surface area (Å²) in [6.07, 6.45) is 0.569. The first-order valence-electron chi connectivity index (χ1n) is 11.1. The molecule has 0 bridgehead atoms. The van der Waals surface area contributed by atoms with Crippen LogP contribution in [0.3, 0.4) is 0 Å². The largest absolute Gasteiger partial charge is 0.478 e. The summed E-state index contributed by atoms with van der Waals surface area (Å²) in [6.45, 7) is 6.35. The molecule has 0 N–H and O–H groups in total. The highest BCUT2D eigenvalue weighted by Gasteiger charge is 2.24. The number of rotatable bonds is 5. The van der Waals surface area contributed by atoms with Gasteiger partial charge in [-0.1, -0.05) is 67.6 Å². The minimum Gasteiger partial charge on any atom is -0.478 e. The molecule has 32 heavy (non-hydrogen) atoms. The number of ether oxygens (including phenoxy) is 1. The van der Waals surface area contributed by atoms with Gasteiger partial charge in [0.15, 0.2) is 0 Å². The molecular weight excluding hydrogens is 398 g/mol. The van der Waals surface area contributed by atoms with Gasteiger partial charge in [-0.2, -0.15) is 0 Å². The molecule has 0 radical (unpaired) electrons. The molecule has 3 aromatic carbocycles. The van der Waals surface area contributed by atoms with Crippen LogP contribution in [0.15, 0.2) is 82.0 Å². The predicted octanol–water partition coefficient (Wildman–Crippen LogP) is 5.65. The van der Waals surface area contributed by atoms with Crippen LogP contribution in [0.2, 0.25) is 0 Å². The van der Waals surface area contributed by atoms with Crippen molar-refractivity contribution in [3.63, 3.8) is 0 Å². The molecular formula is C28H27NO3. The molecule has 1 aliphatic heterocycles. The van der Waals surface area contributed by atoms with Gasteiger partial charge in [0.25, 0.3) is 0 Å². The van der Waals surface area contributed by atoms with Crippen LogP contribution in [0.1, 0.15) is 40.7 Å². The molecule has 0 saturated carbocycles. The van der Waals surface area contributed by atoms with Gasteiger partial charge < -0.3 is 9.15 Å². The van der Waals surface area contributed by atoms with Crippen LogP contribution in [-0.2, 0) is 13.0 Å². The third-order valence-electron chi connectivity index (χ3n) is 6.42. The molecule has 4 nitrogen and oxygen atoms in total. The van der Waals surface area contributed by atoms with Gasteiger partial charge in [-0.15, -0.1) is 0 Å². The van der Waals surface area contributed by atoms with Gasteiger partial charge >= 0.3 is 5.63 Å². The molecule has 0 spiro atoms. The van der Waals surface area contributed by atoms with Crippen molar-refractivity contribution in [2.75, 3.05) is 13.3 Å². The SMILES string of the molecule is Cc1c(Cc2ccccc2)c(=O)oc2c3c(ccc12)OCN(C[C@@H](C)c1ccccc1)C3. The molecule has 2 heterocycles. The topological polar surface area (TPSA) is 42.7 Å². The Labute approximate surface area is 188 Å². The molecule has 4 aromatic rings. The van der Waals surface area contributed by atoms with E-state index in [2.05, 4.69) is 36.1 Å². The van der Waals surface area contributed by atoms with Gasteiger partial charge in [0.1, 0.15) is 18.1 Å². The maximum absolute atomic E-state index is 13.0. The first kappa shape index (κ1) is 20.5. The standard InChI is InChI=1S/C28H27NO3/c1-19(22-11-7-4-8-12-22)16-29-17-25-26(31-18-29)14-13-23-20(2)24(28(30)32-27(23)25)15-21-9-5-3-6-10-21/h3-14,19H,15-18H2,1-2H3/t19-/m1/s1. The Hall–Kier alpha value is -3.37. The van der Waals surface area contributed by atoms with Crippen molar-refractivity contribution in [3.05, 3.63) is 111 Å². The average Bonchev–Trinajstić information content (AvgIpc) is 2.83. The van der Waals surface area contributed by atoms with Crippen molar-refractivity contribution in [2.45, 2.75) is 32.7 Å². The second-order valence-corrected chi connectivity index (χ2v) is 8.67. The third-order valence-corrected chi connectivity index (χ3v) is 6.42. The Bertz CT molecular complexity index is 1300. The van der Waals surface area contributed by atoms with Crippen molar-refractivity contribution in [1.29, 1.82) is 0 Å². The minimum absolute atomic E-state index is 0.262. The zero-order chi connectivity index (χ0) is 22.1. The summed E-state index contributed by atoms with van der Waals surface area (Å²) in [5, 5.41) is 0.982. The van der Waals surface area contributed by atoms with E-state index in [1.165, 1.54) is 5.56 Å². The molecule has 0 amide bonds. The first-order chi connectivity index (χ1) is 15.6. The monoisotopic (exact) mass is 425 g/mol. The lowest BCUT2D eigenvalue weighted by atomic mass is 9.97. The van der Waals surface area contributed by atoms with E-state index in [4.69, 9.17) is 9.15 Å². The van der Waals surface area contributed by atoms with Gasteiger partial charge in [-0.3, -0.25) is 4.90 Å². The summed E-state index contributed by atoms with van der Waals surface area (Å²) in [5.41, 5.74) is 5.46. The Kier molecular flexibility index (Phi) is 5.54. The second kappa shape index (κ2) is 8.64. The fourth-order valence-electron chi connectivity index (χ4n) is 4.60. The van der Waals surface area contributed by atoms with Crippen LogP contribution in [-0.4, -0.2) is 18.2 Å². The van der Waals surface area contributed by atoms with Crippen molar-refractivity contribution in [2.24, 2.45) is 0 Å². The Morgan fingerprint density at radius 1 is 0.969 bits per heavy atom. The van der Waals surface area contributed by atoms with E-state index in [-0.39, 0.29) is 5.63 Å². The summed E-state index contributed by atoms with van der Waals surface area (Å²) < 4.78 is 12.0. The average molecular weight is 426 g/mol. The van der Waals surface area contributed by atoms with Gasteiger partial charge in [0.05, 0.1) is 5.56 Å². The van der Waals surface area contributed by atoms with Crippen LogP contribution in [0.25, 0.3) is 11.0 Å². The summed E-state index contributed by atoms with van der Waals surface area (Å²) in [6, 6.07) is 24.6. The van der Waals surface area contributed by atoms with Crippen molar-refractivity contribution < 1.29 is 9.15 Å². The van der Waals surface area contributed by atoms with E-state index in [9.17, 15) is 4.79 Å². The van der Waals surface area contributed by atoms with Crippen LogP contribution in [0.5, 0.6) is 5.75 Å². The molecule has 0 fully saturated rings. The summed E-state index contributed by atoms with van der Waals surface area (Å²) >= 11 is 0. The number of hydrogen-bond donors (Lipinski definition) is 0. The maximum atomic E-state index is 13.0. The Balaban J connectivity index is 1.46. The zero-order valence-electron chi connectivity index (χ0n) is 18.5. The van der Waals surface area contributed by atoms with Gasteiger partial charge in [0, 0.05) is 30.5 Å².